The second kappa shape index (κ2) is 14.1. The lowest BCUT2D eigenvalue weighted by molar-refractivity contribution is -0.0543. The van der Waals surface area contributed by atoms with Crippen LogP contribution in [0.2, 0.25) is 0 Å². The zero-order valence-corrected chi connectivity index (χ0v) is 18.6. The van der Waals surface area contributed by atoms with E-state index in [1.807, 2.05) is 0 Å². The maximum atomic E-state index is 12.5. The van der Waals surface area contributed by atoms with Gasteiger partial charge in [-0.2, -0.15) is 0 Å². The van der Waals surface area contributed by atoms with Crippen LogP contribution in [0, 0.1) is 0 Å². The molecule has 0 aromatic carbocycles. The van der Waals surface area contributed by atoms with Gasteiger partial charge < -0.3 is 28.4 Å². The van der Waals surface area contributed by atoms with Crippen molar-refractivity contribution >= 4 is 21.8 Å². The summed E-state index contributed by atoms with van der Waals surface area (Å²) in [6, 6.07) is 0. The number of ether oxygens (including phenoxy) is 6. The molecule has 1 aliphatic heterocycles. The Morgan fingerprint density at radius 2 is 1.18 bits per heavy atom. The van der Waals surface area contributed by atoms with E-state index in [1.165, 1.54) is 0 Å². The summed E-state index contributed by atoms with van der Waals surface area (Å²) in [5.41, 5.74) is -0.740. The summed E-state index contributed by atoms with van der Waals surface area (Å²) in [5.74, 6) is -0.286. The van der Waals surface area contributed by atoms with Crippen molar-refractivity contribution in [2.75, 3.05) is 78.4 Å². The van der Waals surface area contributed by atoms with Crippen LogP contribution in [-0.4, -0.2) is 102 Å². The van der Waals surface area contributed by atoms with Crippen LogP contribution >= 0.6 is 11.8 Å². The van der Waals surface area contributed by atoms with Crippen LogP contribution < -0.4 is 0 Å². The fourth-order valence-electron chi connectivity index (χ4n) is 2.23. The van der Waals surface area contributed by atoms with Gasteiger partial charge in [0, 0.05) is 5.54 Å². The highest BCUT2D eigenvalue weighted by Gasteiger charge is 2.33. The van der Waals surface area contributed by atoms with Gasteiger partial charge in [-0.15, -0.1) is 3.82 Å². The van der Waals surface area contributed by atoms with Crippen molar-refractivity contribution in [3.8, 4) is 0 Å². The molecule has 1 rings (SSSR count). The molecule has 0 aromatic rings. The second-order valence-corrected chi connectivity index (χ2v) is 9.58. The Kier molecular flexibility index (Phi) is 13.0. The molecule has 0 N–H and O–H groups in total. The fourth-order valence-corrected chi connectivity index (χ4v) is 4.03. The molecule has 0 radical (unpaired) electrons. The molecule has 0 spiro atoms. The van der Waals surface area contributed by atoms with Gasteiger partial charge in [-0.3, -0.25) is 0 Å². The van der Waals surface area contributed by atoms with Crippen LogP contribution in [0.1, 0.15) is 20.8 Å². The van der Waals surface area contributed by atoms with Gasteiger partial charge in [0.15, 0.2) is 0 Å². The average Bonchev–Trinajstić information content (AvgIpc) is 2.61. The zero-order valence-electron chi connectivity index (χ0n) is 17.1. The minimum atomic E-state index is -3.73. The Balaban J connectivity index is 2.55. The number of nitrogens with zero attached hydrogens (tertiary/aromatic N) is 1. The van der Waals surface area contributed by atoms with Crippen molar-refractivity contribution < 1.29 is 36.8 Å². The molecule has 0 aliphatic carbocycles. The predicted octanol–water partition coefficient (Wildman–Crippen LogP) is 1.05. The van der Waals surface area contributed by atoms with Crippen molar-refractivity contribution in [2.45, 2.75) is 32.4 Å². The SMILES string of the molecule is CC(C)(C)N(Cl)S(=O)(=O)CC1COCCOCCOCCOCCOCCO1. The van der Waals surface area contributed by atoms with E-state index in [0.29, 0.717) is 59.5 Å². The smallest absolute Gasteiger partial charge is 0.230 e. The van der Waals surface area contributed by atoms with Crippen molar-refractivity contribution in [3.05, 3.63) is 0 Å². The molecule has 28 heavy (non-hydrogen) atoms. The maximum Gasteiger partial charge on any atom is 0.230 e. The van der Waals surface area contributed by atoms with E-state index in [9.17, 15) is 8.42 Å². The van der Waals surface area contributed by atoms with Crippen LogP contribution in [0.4, 0.5) is 0 Å². The third kappa shape index (κ3) is 11.8. The lowest BCUT2D eigenvalue weighted by atomic mass is 10.1. The van der Waals surface area contributed by atoms with Crippen molar-refractivity contribution in [1.29, 1.82) is 0 Å². The zero-order chi connectivity index (χ0) is 20.9. The molecule has 11 heteroatoms. The molecule has 0 amide bonds. The number of hydrogen-bond acceptors (Lipinski definition) is 8. The first-order chi connectivity index (χ1) is 13.2. The topological polar surface area (TPSA) is 92.8 Å². The monoisotopic (exact) mass is 447 g/mol. The maximum absolute atomic E-state index is 12.5. The summed E-state index contributed by atoms with van der Waals surface area (Å²) in [7, 11) is -3.73. The van der Waals surface area contributed by atoms with Crippen LogP contribution in [-0.2, 0) is 38.4 Å². The summed E-state index contributed by atoms with van der Waals surface area (Å²) in [4.78, 5) is 0. The number of rotatable bonds is 3. The molecule has 168 valence electrons. The van der Waals surface area contributed by atoms with E-state index in [0.717, 1.165) is 3.82 Å². The minimum Gasteiger partial charge on any atom is -0.377 e. The van der Waals surface area contributed by atoms with E-state index in [4.69, 9.17) is 40.2 Å². The van der Waals surface area contributed by atoms with Gasteiger partial charge in [-0.1, -0.05) is 0 Å². The highest BCUT2D eigenvalue weighted by atomic mass is 35.5. The fraction of sp³-hybridized carbons (Fsp3) is 1.00. The molecular formula is C17H34ClNO8S. The van der Waals surface area contributed by atoms with Crippen molar-refractivity contribution in [2.24, 2.45) is 0 Å². The van der Waals surface area contributed by atoms with Gasteiger partial charge in [0.05, 0.1) is 84.5 Å². The third-order valence-corrected chi connectivity index (χ3v) is 6.51. The van der Waals surface area contributed by atoms with E-state index in [2.05, 4.69) is 0 Å². The van der Waals surface area contributed by atoms with Crippen LogP contribution in [0.5, 0.6) is 0 Å². The van der Waals surface area contributed by atoms with Crippen LogP contribution in [0.25, 0.3) is 0 Å². The Bertz CT molecular complexity index is 482. The minimum absolute atomic E-state index is 0.108. The molecule has 1 saturated heterocycles. The van der Waals surface area contributed by atoms with E-state index < -0.39 is 21.7 Å². The standard InChI is InChI=1S/C17H34ClNO8S/c1-17(2,3)19(18)28(20,21)15-16-14-26-11-10-24-7-6-22-4-5-23-8-9-25-12-13-27-16/h16H,4-15H2,1-3H3. The molecule has 1 aliphatic rings. The Labute approximate surface area is 173 Å². The van der Waals surface area contributed by atoms with Gasteiger partial charge in [-0.25, -0.2) is 8.42 Å². The molecule has 1 unspecified atom stereocenters. The molecule has 1 heterocycles. The van der Waals surface area contributed by atoms with Gasteiger partial charge in [0.25, 0.3) is 0 Å². The summed E-state index contributed by atoms with van der Waals surface area (Å²) in [5, 5.41) is 0. The van der Waals surface area contributed by atoms with Gasteiger partial charge in [-0.05, 0) is 32.5 Å². The van der Waals surface area contributed by atoms with Crippen molar-refractivity contribution in [3.63, 3.8) is 0 Å². The Hall–Kier alpha value is -0.0400. The first kappa shape index (κ1) is 26.0. The molecule has 0 aromatic heterocycles. The predicted molar refractivity (Wildman–Crippen MR) is 105 cm³/mol. The molecule has 1 fully saturated rings. The normalized spacial score (nSPS) is 23.8. The van der Waals surface area contributed by atoms with Crippen LogP contribution in [0.15, 0.2) is 0 Å². The van der Waals surface area contributed by atoms with Gasteiger partial charge in [0.1, 0.15) is 0 Å². The average molecular weight is 448 g/mol. The first-order valence-electron chi connectivity index (χ1n) is 9.42. The number of halogens is 1. The first-order valence-corrected chi connectivity index (χ1v) is 11.4. The van der Waals surface area contributed by atoms with Crippen LogP contribution in [0.3, 0.4) is 0 Å². The number of hydrogen-bond donors (Lipinski definition) is 0. The largest absolute Gasteiger partial charge is 0.377 e. The van der Waals surface area contributed by atoms with E-state index in [-0.39, 0.29) is 19.0 Å². The molecular weight excluding hydrogens is 414 g/mol. The molecule has 1 atom stereocenters. The van der Waals surface area contributed by atoms with Gasteiger partial charge in [0.2, 0.25) is 10.0 Å². The molecule has 0 saturated carbocycles. The highest BCUT2D eigenvalue weighted by Crippen LogP contribution is 2.22. The molecule has 9 nitrogen and oxygen atoms in total. The third-order valence-electron chi connectivity index (χ3n) is 3.54. The van der Waals surface area contributed by atoms with Gasteiger partial charge >= 0.3 is 0 Å². The summed E-state index contributed by atoms with van der Waals surface area (Å²) >= 11 is 6.03. The summed E-state index contributed by atoms with van der Waals surface area (Å²) in [6.07, 6.45) is -0.671. The quantitative estimate of drug-likeness (QED) is 0.593. The Morgan fingerprint density at radius 3 is 1.61 bits per heavy atom. The van der Waals surface area contributed by atoms with E-state index in [1.54, 1.807) is 20.8 Å². The summed E-state index contributed by atoms with van der Waals surface area (Å²) in [6.45, 7) is 9.32. The van der Waals surface area contributed by atoms with E-state index >= 15 is 0 Å². The second-order valence-electron chi connectivity index (χ2n) is 7.18. The molecule has 0 bridgehead atoms. The lowest BCUT2D eigenvalue weighted by Gasteiger charge is -2.29. The van der Waals surface area contributed by atoms with Crippen molar-refractivity contribution in [1.82, 2.24) is 3.82 Å². The number of sulfonamides is 1. The lowest BCUT2D eigenvalue weighted by Crippen LogP contribution is -2.43. The summed E-state index contributed by atoms with van der Waals surface area (Å²) < 4.78 is 58.7. The highest BCUT2D eigenvalue weighted by molar-refractivity contribution is 7.90. The Morgan fingerprint density at radius 1 is 0.786 bits per heavy atom.